The van der Waals surface area contributed by atoms with E-state index in [0.29, 0.717) is 0 Å². The number of hydrogen-bond donors (Lipinski definition) is 1. The molecule has 2 aromatic rings. The van der Waals surface area contributed by atoms with Gasteiger partial charge in [0.1, 0.15) is 12.0 Å². The minimum atomic E-state index is -2.49. The van der Waals surface area contributed by atoms with Gasteiger partial charge in [-0.1, -0.05) is 0 Å². The summed E-state index contributed by atoms with van der Waals surface area (Å²) in [5.74, 6) is 16.6. The molecule has 4 rings (SSSR count). The van der Waals surface area contributed by atoms with Crippen molar-refractivity contribution in [3.05, 3.63) is 66.4 Å². The fourth-order valence-corrected chi connectivity index (χ4v) is 21.6. The summed E-state index contributed by atoms with van der Waals surface area (Å²) >= 11 is -2.49. The normalized spacial score (nSPS) is 14.4. The molecule has 0 aromatic carbocycles. The number of nitrogens with one attached hydrogen (secondary N) is 1. The summed E-state index contributed by atoms with van der Waals surface area (Å²) in [5.41, 5.74) is 1.89. The molecule has 2 aliphatic rings. The number of nitrogens with zero attached hydrogens (tertiary/aromatic N) is 3. The standard InChI is InChI=1S/C9H9B.C8H9FN2.C7H4FN2.3C4H9.Sn/c1-4-7-10(8-5-2)9-6-3;1-6-5-10-8-4-7(9)2-3-11(6)8;8-6-1-3-10-4-2-9-7(10)5-6;3*1-3-4-2;/h1-3H3;2-5,8,10H,1H3;1-3,5H;3*1,3-4H2,2H3;. The molecule has 1 unspecified atom stereocenters. The zero-order valence-corrected chi connectivity index (χ0v) is 30.6. The molecular weight excluding hydrogens is 656 g/mol. The van der Waals surface area contributed by atoms with E-state index in [2.05, 4.69) is 76.9 Å². The number of unbranched alkanes of at least 4 members (excludes halogenated alkanes) is 3. The van der Waals surface area contributed by atoms with Crippen molar-refractivity contribution in [2.24, 2.45) is 0 Å². The fraction of sp³-hybridized carbons (Fsp3) is 0.472. The van der Waals surface area contributed by atoms with E-state index in [0.717, 1.165) is 11.3 Å². The molecule has 0 saturated heterocycles. The molecule has 0 spiro atoms. The molecule has 0 bridgehead atoms. The summed E-state index contributed by atoms with van der Waals surface area (Å²) in [5, 5.41) is 3.03. The molecule has 1 atom stereocenters. The van der Waals surface area contributed by atoms with Gasteiger partial charge in [0.2, 0.25) is 0 Å². The third kappa shape index (κ3) is 11.1. The van der Waals surface area contributed by atoms with Crippen molar-refractivity contribution in [1.82, 2.24) is 19.6 Å². The fourth-order valence-electron chi connectivity index (χ4n) is 5.47. The number of imidazole rings is 1. The van der Waals surface area contributed by atoms with E-state index in [9.17, 15) is 8.78 Å². The average Bonchev–Trinajstić information content (AvgIpc) is 3.61. The van der Waals surface area contributed by atoms with Gasteiger partial charge < -0.3 is 10.2 Å². The Bertz CT molecular complexity index is 1410. The number of aromatic nitrogens is 2. The summed E-state index contributed by atoms with van der Waals surface area (Å²) in [4.78, 5) is 6.52. The van der Waals surface area contributed by atoms with Crippen molar-refractivity contribution in [3.8, 4) is 35.2 Å². The van der Waals surface area contributed by atoms with E-state index < -0.39 is 18.4 Å². The van der Waals surface area contributed by atoms with Crippen LogP contribution in [0.25, 0.3) is 5.65 Å². The predicted molar refractivity (Wildman–Crippen MR) is 187 cm³/mol. The molecule has 4 heterocycles. The second kappa shape index (κ2) is 20.0. The number of rotatable bonds is 10. The maximum atomic E-state index is 13.5. The van der Waals surface area contributed by atoms with Gasteiger partial charge in [-0.2, -0.15) is 0 Å². The first kappa shape index (κ1) is 37.1. The summed E-state index contributed by atoms with van der Waals surface area (Å²) in [6, 6.07) is 3.15. The third-order valence-electron chi connectivity index (χ3n) is 7.79. The first-order valence-corrected chi connectivity index (χ1v) is 23.4. The van der Waals surface area contributed by atoms with Gasteiger partial charge in [-0.25, -0.2) is 4.39 Å². The van der Waals surface area contributed by atoms with Crippen LogP contribution < -0.4 is 9.03 Å². The Morgan fingerprint density at radius 1 is 0.932 bits per heavy atom. The number of pyridine rings is 1. The molecule has 234 valence electrons. The summed E-state index contributed by atoms with van der Waals surface area (Å²) in [6.07, 6.45) is 18.4. The van der Waals surface area contributed by atoms with Crippen LogP contribution in [-0.2, 0) is 0 Å². The average molecular weight is 705 g/mol. The van der Waals surface area contributed by atoms with E-state index in [4.69, 9.17) is 0 Å². The van der Waals surface area contributed by atoms with Crippen LogP contribution in [0.3, 0.4) is 0 Å². The first-order chi connectivity index (χ1) is 21.3. The maximum absolute atomic E-state index is 13.5. The van der Waals surface area contributed by atoms with Crippen molar-refractivity contribution < 1.29 is 8.78 Å². The molecule has 4 nitrogen and oxygen atoms in total. The van der Waals surface area contributed by atoms with E-state index in [1.54, 1.807) is 45.2 Å². The zero-order chi connectivity index (χ0) is 32.4. The minimum absolute atomic E-state index is 0.0139. The molecule has 2 aromatic heterocycles. The van der Waals surface area contributed by atoms with Gasteiger partial charge in [0.05, 0.1) is 0 Å². The second-order valence-electron chi connectivity index (χ2n) is 11.1. The van der Waals surface area contributed by atoms with E-state index >= 15 is 0 Å². The Morgan fingerprint density at radius 2 is 1.50 bits per heavy atom. The molecule has 0 amide bonds. The van der Waals surface area contributed by atoms with E-state index in [-0.39, 0.29) is 24.5 Å². The van der Waals surface area contributed by atoms with Gasteiger partial charge in [-0.3, -0.25) is 0 Å². The molecule has 8 heteroatoms. The Labute approximate surface area is 269 Å². The SMILES string of the molecule is CC#CB(C#CC)C#CC.CC1=CNC2C=C(F)C=CN12.CCC[CH2][Sn]([CH2]CCC)([CH2]CCC)[c]1cnc2cc(F)ccn12. The molecular formula is C36H49BF2N4Sn. The van der Waals surface area contributed by atoms with Crippen LogP contribution in [0.4, 0.5) is 8.78 Å². The molecule has 0 aliphatic carbocycles. The number of allylic oxidation sites excluding steroid dienone is 3. The molecule has 0 saturated carbocycles. The van der Waals surface area contributed by atoms with Gasteiger partial charge in [0, 0.05) is 18.1 Å². The first-order valence-electron chi connectivity index (χ1n) is 16.0. The monoisotopic (exact) mass is 706 g/mol. The Hall–Kier alpha value is -3.09. The second-order valence-corrected chi connectivity index (χ2v) is 24.1. The van der Waals surface area contributed by atoms with Crippen LogP contribution in [0.1, 0.15) is 87.0 Å². The molecule has 2 aliphatic heterocycles. The topological polar surface area (TPSA) is 32.6 Å². The van der Waals surface area contributed by atoms with Crippen molar-refractivity contribution in [1.29, 1.82) is 0 Å². The van der Waals surface area contributed by atoms with Gasteiger partial charge >= 0.3 is 151 Å². The van der Waals surface area contributed by atoms with Gasteiger partial charge in [0.25, 0.3) is 0 Å². The van der Waals surface area contributed by atoms with Crippen LogP contribution in [0.15, 0.2) is 60.6 Å². The molecule has 0 radical (unpaired) electrons. The van der Waals surface area contributed by atoms with Crippen LogP contribution in [0.5, 0.6) is 0 Å². The van der Waals surface area contributed by atoms with Crippen LogP contribution in [-0.4, -0.2) is 45.5 Å². The Morgan fingerprint density at radius 3 is 2.02 bits per heavy atom. The quantitative estimate of drug-likeness (QED) is 0.200. The third-order valence-corrected chi connectivity index (χ3v) is 23.2. The van der Waals surface area contributed by atoms with E-state index in [1.807, 2.05) is 24.2 Å². The Balaban J connectivity index is 0.000000266. The van der Waals surface area contributed by atoms with Crippen molar-refractivity contribution in [2.75, 3.05) is 0 Å². The zero-order valence-electron chi connectivity index (χ0n) is 27.7. The number of hydrogen-bond acceptors (Lipinski definition) is 3. The van der Waals surface area contributed by atoms with Crippen molar-refractivity contribution in [2.45, 2.75) is 106 Å². The predicted octanol–water partition coefficient (Wildman–Crippen LogP) is 8.16. The van der Waals surface area contributed by atoms with Crippen LogP contribution in [0.2, 0.25) is 13.3 Å². The summed E-state index contributed by atoms with van der Waals surface area (Å²) in [7, 11) is 0. The molecule has 1 N–H and O–H groups in total. The van der Waals surface area contributed by atoms with Gasteiger partial charge in [-0.05, 0) is 39.8 Å². The van der Waals surface area contributed by atoms with Crippen LogP contribution in [0, 0.1) is 41.0 Å². The van der Waals surface area contributed by atoms with Gasteiger partial charge in [0.15, 0.2) is 0 Å². The van der Waals surface area contributed by atoms with E-state index in [1.165, 1.54) is 61.6 Å². The molecule has 0 fully saturated rings. The molecule has 44 heavy (non-hydrogen) atoms. The summed E-state index contributed by atoms with van der Waals surface area (Å²) < 4.78 is 34.1. The van der Waals surface area contributed by atoms with Crippen molar-refractivity contribution >= 4 is 34.4 Å². The van der Waals surface area contributed by atoms with Gasteiger partial charge in [-0.15, -0.1) is 35.2 Å². The number of halogens is 2. The van der Waals surface area contributed by atoms with Crippen molar-refractivity contribution in [3.63, 3.8) is 0 Å². The number of fused-ring (bicyclic) bond motifs is 2. The summed E-state index contributed by atoms with van der Waals surface area (Å²) in [6.45, 7) is 14.2. The Kier molecular flexibility index (Phi) is 16.9. The van der Waals surface area contributed by atoms with Crippen LogP contribution >= 0.6 is 0 Å².